The number of anilines is 3. The molecule has 0 aliphatic carbocycles. The molecule has 0 saturated carbocycles. The zero-order valence-electron chi connectivity index (χ0n) is 12.0. The van der Waals surface area contributed by atoms with Crippen molar-refractivity contribution < 1.29 is 18.0 Å². The average Bonchev–Trinajstić information content (AvgIpc) is 2.50. The van der Waals surface area contributed by atoms with Gasteiger partial charge in [0, 0.05) is 6.42 Å². The normalized spacial score (nSPS) is 11.2. The monoisotopic (exact) mass is 343 g/mol. The number of nitrogens with zero attached hydrogens (tertiary/aromatic N) is 1. The smallest absolute Gasteiger partial charge is 0.339 e. The number of rotatable bonds is 4. The van der Waals surface area contributed by atoms with Gasteiger partial charge in [-0.05, 0) is 30.3 Å². The Bertz CT molecular complexity index is 702. The van der Waals surface area contributed by atoms with Gasteiger partial charge in [0.15, 0.2) is 0 Å². The van der Waals surface area contributed by atoms with E-state index in [4.69, 9.17) is 11.6 Å². The van der Waals surface area contributed by atoms with Gasteiger partial charge in [-0.15, -0.1) is 0 Å². The van der Waals surface area contributed by atoms with Crippen LogP contribution in [0.2, 0.25) is 5.02 Å². The molecule has 4 nitrogen and oxygen atoms in total. The fourth-order valence-electron chi connectivity index (χ4n) is 1.73. The first-order chi connectivity index (χ1) is 10.8. The van der Waals surface area contributed by atoms with Crippen molar-refractivity contribution in [2.24, 2.45) is 0 Å². The number of carbonyl (C=O) groups is 1. The van der Waals surface area contributed by atoms with E-state index in [1.165, 1.54) is 18.3 Å². The maximum absolute atomic E-state index is 12.7. The van der Waals surface area contributed by atoms with Gasteiger partial charge >= 0.3 is 6.18 Å². The second-order valence-electron chi connectivity index (χ2n) is 4.65. The Morgan fingerprint density at radius 2 is 2.00 bits per heavy atom. The summed E-state index contributed by atoms with van der Waals surface area (Å²) in [6, 6.07) is 6.11. The predicted molar refractivity (Wildman–Crippen MR) is 82.9 cm³/mol. The lowest BCUT2D eigenvalue weighted by Crippen LogP contribution is -2.09. The largest absolute Gasteiger partial charge is 0.416 e. The van der Waals surface area contributed by atoms with Gasteiger partial charge in [0.1, 0.15) is 5.82 Å². The van der Waals surface area contributed by atoms with Crippen molar-refractivity contribution >= 4 is 34.7 Å². The summed E-state index contributed by atoms with van der Waals surface area (Å²) >= 11 is 5.90. The summed E-state index contributed by atoms with van der Waals surface area (Å²) in [5.41, 5.74) is -0.215. The number of hydrogen-bond donors (Lipinski definition) is 2. The molecule has 2 N–H and O–H groups in total. The third kappa shape index (κ3) is 4.59. The van der Waals surface area contributed by atoms with Crippen LogP contribution in [-0.2, 0) is 11.0 Å². The van der Waals surface area contributed by atoms with E-state index in [1.807, 2.05) is 0 Å². The molecule has 122 valence electrons. The summed E-state index contributed by atoms with van der Waals surface area (Å²) in [4.78, 5) is 15.3. The number of alkyl halides is 3. The van der Waals surface area contributed by atoms with Crippen LogP contribution in [0.25, 0.3) is 0 Å². The Labute approximate surface area is 135 Å². The molecule has 0 atom stereocenters. The van der Waals surface area contributed by atoms with E-state index in [1.54, 1.807) is 13.0 Å². The number of halogens is 4. The quantitative estimate of drug-likeness (QED) is 0.834. The second kappa shape index (κ2) is 6.87. The lowest BCUT2D eigenvalue weighted by molar-refractivity contribution is -0.137. The van der Waals surface area contributed by atoms with Gasteiger partial charge in [0.05, 0.1) is 28.2 Å². The molecule has 1 aromatic carbocycles. The first-order valence-corrected chi connectivity index (χ1v) is 7.07. The SMILES string of the molecule is CCC(=O)Nc1ccc(Nc2cc(C(F)(F)F)ccc2Cl)nc1. The molecule has 2 rings (SSSR count). The van der Waals surface area contributed by atoms with Crippen molar-refractivity contribution in [3.05, 3.63) is 47.1 Å². The van der Waals surface area contributed by atoms with Gasteiger partial charge in [0.25, 0.3) is 0 Å². The van der Waals surface area contributed by atoms with Crippen LogP contribution in [0.3, 0.4) is 0 Å². The van der Waals surface area contributed by atoms with Crippen LogP contribution in [0.1, 0.15) is 18.9 Å². The Hall–Kier alpha value is -2.28. The fraction of sp³-hybridized carbons (Fsp3) is 0.200. The summed E-state index contributed by atoms with van der Waals surface area (Å²) < 4.78 is 38.2. The van der Waals surface area contributed by atoms with E-state index in [-0.39, 0.29) is 16.6 Å². The molecule has 2 aromatic rings. The number of aromatic nitrogens is 1. The van der Waals surface area contributed by atoms with E-state index in [2.05, 4.69) is 15.6 Å². The highest BCUT2D eigenvalue weighted by molar-refractivity contribution is 6.33. The highest BCUT2D eigenvalue weighted by Gasteiger charge is 2.31. The maximum atomic E-state index is 12.7. The van der Waals surface area contributed by atoms with E-state index in [9.17, 15) is 18.0 Å². The van der Waals surface area contributed by atoms with Crippen molar-refractivity contribution in [1.82, 2.24) is 4.98 Å². The van der Waals surface area contributed by atoms with Crippen molar-refractivity contribution in [3.8, 4) is 0 Å². The van der Waals surface area contributed by atoms with E-state index in [0.717, 1.165) is 12.1 Å². The number of pyridine rings is 1. The molecule has 1 aromatic heterocycles. The number of hydrogen-bond acceptors (Lipinski definition) is 3. The van der Waals surface area contributed by atoms with Crippen LogP contribution in [0.4, 0.5) is 30.4 Å². The molecular weight excluding hydrogens is 331 g/mol. The molecule has 1 heterocycles. The van der Waals surface area contributed by atoms with E-state index in [0.29, 0.717) is 17.9 Å². The predicted octanol–water partition coefficient (Wildman–Crippen LogP) is 4.85. The van der Waals surface area contributed by atoms with Crippen molar-refractivity contribution in [2.45, 2.75) is 19.5 Å². The van der Waals surface area contributed by atoms with Crippen LogP contribution in [0.5, 0.6) is 0 Å². The van der Waals surface area contributed by atoms with Gasteiger partial charge in [-0.3, -0.25) is 4.79 Å². The lowest BCUT2D eigenvalue weighted by atomic mass is 10.2. The minimum absolute atomic E-state index is 0.0966. The lowest BCUT2D eigenvalue weighted by Gasteiger charge is -2.12. The van der Waals surface area contributed by atoms with Gasteiger partial charge in [-0.1, -0.05) is 18.5 Å². The summed E-state index contributed by atoms with van der Waals surface area (Å²) in [6.45, 7) is 1.72. The van der Waals surface area contributed by atoms with Crippen LogP contribution in [0.15, 0.2) is 36.5 Å². The first-order valence-electron chi connectivity index (χ1n) is 6.69. The Morgan fingerprint density at radius 1 is 1.26 bits per heavy atom. The summed E-state index contributed by atoms with van der Waals surface area (Å²) in [5.74, 6) is 0.147. The van der Waals surface area contributed by atoms with Crippen molar-refractivity contribution in [2.75, 3.05) is 10.6 Å². The van der Waals surface area contributed by atoms with Crippen molar-refractivity contribution in [1.29, 1.82) is 0 Å². The minimum atomic E-state index is -4.46. The molecule has 0 spiro atoms. The van der Waals surface area contributed by atoms with Gasteiger partial charge < -0.3 is 10.6 Å². The zero-order valence-corrected chi connectivity index (χ0v) is 12.8. The molecule has 1 amide bonds. The molecule has 0 fully saturated rings. The summed E-state index contributed by atoms with van der Waals surface area (Å²) in [7, 11) is 0. The highest BCUT2D eigenvalue weighted by atomic mass is 35.5. The third-order valence-electron chi connectivity index (χ3n) is 2.92. The molecule has 0 bridgehead atoms. The number of benzene rings is 1. The molecule has 8 heteroatoms. The summed E-state index contributed by atoms with van der Waals surface area (Å²) in [6.07, 6.45) is -2.72. The Morgan fingerprint density at radius 3 is 2.57 bits per heavy atom. The Balaban J connectivity index is 2.17. The van der Waals surface area contributed by atoms with E-state index < -0.39 is 11.7 Å². The van der Waals surface area contributed by atoms with Crippen LogP contribution in [-0.4, -0.2) is 10.9 Å². The Kier molecular flexibility index (Phi) is 5.10. The molecule has 23 heavy (non-hydrogen) atoms. The molecule has 0 aliphatic heterocycles. The fourth-order valence-corrected chi connectivity index (χ4v) is 1.89. The molecular formula is C15H13ClF3N3O. The molecule has 0 aliphatic rings. The van der Waals surface area contributed by atoms with Gasteiger partial charge in [-0.25, -0.2) is 4.98 Å². The molecule has 0 saturated heterocycles. The second-order valence-corrected chi connectivity index (χ2v) is 5.06. The van der Waals surface area contributed by atoms with E-state index >= 15 is 0 Å². The van der Waals surface area contributed by atoms with Crippen molar-refractivity contribution in [3.63, 3.8) is 0 Å². The first kappa shape index (κ1) is 17.1. The average molecular weight is 344 g/mol. The van der Waals surface area contributed by atoms with Gasteiger partial charge in [0.2, 0.25) is 5.91 Å². The highest BCUT2D eigenvalue weighted by Crippen LogP contribution is 2.34. The van der Waals surface area contributed by atoms with Crippen LogP contribution in [0, 0.1) is 0 Å². The zero-order chi connectivity index (χ0) is 17.0. The standard InChI is InChI=1S/C15H13ClF3N3O/c1-2-14(23)21-10-4-6-13(20-8-10)22-12-7-9(15(17,18)19)3-5-11(12)16/h3-8H,2H2,1H3,(H,20,22)(H,21,23). The molecule has 0 unspecified atom stereocenters. The third-order valence-corrected chi connectivity index (χ3v) is 3.25. The topological polar surface area (TPSA) is 54.0 Å². The van der Waals surface area contributed by atoms with Crippen LogP contribution >= 0.6 is 11.6 Å². The molecule has 0 radical (unpaired) electrons. The number of amides is 1. The maximum Gasteiger partial charge on any atom is 0.416 e. The number of nitrogens with one attached hydrogen (secondary N) is 2. The minimum Gasteiger partial charge on any atom is -0.339 e. The van der Waals surface area contributed by atoms with Gasteiger partial charge in [-0.2, -0.15) is 13.2 Å². The number of carbonyl (C=O) groups excluding carboxylic acids is 1. The summed E-state index contributed by atoms with van der Waals surface area (Å²) in [5, 5.41) is 5.48. The van der Waals surface area contributed by atoms with Crippen LogP contribution < -0.4 is 10.6 Å².